The molecule has 3 aromatic heterocycles. The maximum Gasteiger partial charge on any atom is 0.315 e. The molecule has 6 rings (SSSR count). The summed E-state index contributed by atoms with van der Waals surface area (Å²) in [6.45, 7) is 8.73. The van der Waals surface area contributed by atoms with Crippen LogP contribution in [-0.4, -0.2) is 32.4 Å². The summed E-state index contributed by atoms with van der Waals surface area (Å²) in [6, 6.07) is 14.4. The molecule has 0 atom stereocenters. The maximum absolute atomic E-state index is 6.08. The molecule has 0 amide bonds. The molecule has 0 N–H and O–H groups in total. The number of pyridine rings is 1. The van der Waals surface area contributed by atoms with Gasteiger partial charge in [0, 0.05) is 40.8 Å². The minimum Gasteiger partial charge on any atom is -0.439 e. The summed E-state index contributed by atoms with van der Waals surface area (Å²) in [5.41, 5.74) is 3.50. The van der Waals surface area contributed by atoms with E-state index in [0.29, 0.717) is 5.71 Å². The molecule has 7 nitrogen and oxygen atoms in total. The average Bonchev–Trinajstić information content (AvgIpc) is 3.26. The summed E-state index contributed by atoms with van der Waals surface area (Å²) in [5.74, 6) is 2.54. The first-order chi connectivity index (χ1) is 15.5. The number of hydrogen-bond acceptors (Lipinski definition) is 7. The predicted molar refractivity (Wildman–Crippen MR) is 128 cm³/mol. The normalized spacial score (nSPS) is 16.9. The van der Waals surface area contributed by atoms with Crippen LogP contribution in [0.4, 0.5) is 17.3 Å². The van der Waals surface area contributed by atoms with Crippen LogP contribution < -0.4 is 15.4 Å². The first-order valence-electron chi connectivity index (χ1n) is 10.8. The lowest BCUT2D eigenvalue weighted by molar-refractivity contribution is 0.351. The van der Waals surface area contributed by atoms with Crippen molar-refractivity contribution in [3.63, 3.8) is 0 Å². The molecule has 0 spiro atoms. The third-order valence-electron chi connectivity index (χ3n) is 6.39. The zero-order chi connectivity index (χ0) is 22.0. The Morgan fingerprint density at radius 1 is 0.906 bits per heavy atom. The topological polar surface area (TPSA) is 61.5 Å². The molecule has 0 aliphatic carbocycles. The summed E-state index contributed by atoms with van der Waals surface area (Å²) in [4.78, 5) is 18.5. The number of nitrogens with zero attached hydrogens (tertiary/aromatic N) is 6. The highest BCUT2D eigenvalue weighted by Crippen LogP contribution is 2.48. The minimum absolute atomic E-state index is 0.0188. The van der Waals surface area contributed by atoms with Gasteiger partial charge in [-0.25, -0.2) is 15.0 Å². The number of furan rings is 1. The lowest BCUT2D eigenvalue weighted by atomic mass is 9.55. The molecule has 0 fully saturated rings. The van der Waals surface area contributed by atoms with Crippen LogP contribution in [0, 0.1) is 0 Å². The molecule has 0 saturated heterocycles. The van der Waals surface area contributed by atoms with Gasteiger partial charge in [-0.05, 0) is 51.1 Å². The highest BCUT2D eigenvalue weighted by Gasteiger charge is 2.51. The summed E-state index contributed by atoms with van der Waals surface area (Å²) >= 11 is 0. The van der Waals surface area contributed by atoms with Crippen molar-refractivity contribution in [3.8, 4) is 0 Å². The van der Waals surface area contributed by atoms with Gasteiger partial charge in [0.05, 0.1) is 0 Å². The van der Waals surface area contributed by atoms with Gasteiger partial charge in [-0.3, -0.25) is 9.91 Å². The van der Waals surface area contributed by atoms with Crippen LogP contribution in [0.2, 0.25) is 6.82 Å². The van der Waals surface area contributed by atoms with Crippen LogP contribution in [0.15, 0.2) is 71.2 Å². The Morgan fingerprint density at radius 2 is 1.66 bits per heavy atom. The first kappa shape index (κ1) is 18.9. The van der Waals surface area contributed by atoms with E-state index in [4.69, 9.17) is 14.4 Å². The summed E-state index contributed by atoms with van der Waals surface area (Å²) in [6.07, 6.45) is 7.37. The van der Waals surface area contributed by atoms with E-state index >= 15 is 0 Å². The molecule has 158 valence electrons. The van der Waals surface area contributed by atoms with Crippen LogP contribution in [0.3, 0.4) is 0 Å². The van der Waals surface area contributed by atoms with Gasteiger partial charge < -0.3 is 9.34 Å². The van der Waals surface area contributed by atoms with Crippen LogP contribution in [0.25, 0.3) is 17.2 Å². The third-order valence-corrected chi connectivity index (χ3v) is 6.39. The second-order valence-electron chi connectivity index (χ2n) is 8.72. The molecule has 5 heterocycles. The van der Waals surface area contributed by atoms with Crippen molar-refractivity contribution in [2.24, 2.45) is 0 Å². The lowest BCUT2D eigenvalue weighted by Gasteiger charge is -2.49. The molecule has 0 unspecified atom stereocenters. The van der Waals surface area contributed by atoms with E-state index in [9.17, 15) is 0 Å². The van der Waals surface area contributed by atoms with Crippen molar-refractivity contribution in [3.05, 3.63) is 72.5 Å². The number of hydrogen-bond donors (Lipinski definition) is 0. The SMILES string of the molecule is CB1c2c(oc3ncccc23)C=C(C)N1N1c2nccnc2N(c2ccccc2)C1(C)C. The summed E-state index contributed by atoms with van der Waals surface area (Å²) in [7, 11) is 0. The quantitative estimate of drug-likeness (QED) is 0.443. The van der Waals surface area contributed by atoms with Gasteiger partial charge >= 0.3 is 6.85 Å². The van der Waals surface area contributed by atoms with E-state index in [1.54, 1.807) is 18.6 Å². The highest BCUT2D eigenvalue weighted by molar-refractivity contribution is 6.73. The smallest absolute Gasteiger partial charge is 0.315 e. The van der Waals surface area contributed by atoms with Gasteiger partial charge in [-0.15, -0.1) is 0 Å². The summed E-state index contributed by atoms with van der Waals surface area (Å²) < 4.78 is 6.08. The Balaban J connectivity index is 1.54. The van der Waals surface area contributed by atoms with E-state index in [2.05, 4.69) is 83.8 Å². The zero-order valence-corrected chi connectivity index (χ0v) is 18.5. The number of allylic oxidation sites excluding steroid dienone is 1. The number of aromatic nitrogens is 3. The molecular weight excluding hydrogens is 399 g/mol. The Morgan fingerprint density at radius 3 is 2.44 bits per heavy atom. The number of hydrazine groups is 1. The zero-order valence-electron chi connectivity index (χ0n) is 18.5. The van der Waals surface area contributed by atoms with Gasteiger partial charge in [0.15, 0.2) is 11.6 Å². The Kier molecular flexibility index (Phi) is 3.90. The second kappa shape index (κ2) is 6.59. The third kappa shape index (κ3) is 2.46. The second-order valence-corrected chi connectivity index (χ2v) is 8.72. The van der Waals surface area contributed by atoms with Gasteiger partial charge in [0.2, 0.25) is 5.71 Å². The van der Waals surface area contributed by atoms with Crippen molar-refractivity contribution in [1.29, 1.82) is 0 Å². The predicted octanol–water partition coefficient (Wildman–Crippen LogP) is 4.43. The number of rotatable bonds is 2. The van der Waals surface area contributed by atoms with Crippen molar-refractivity contribution < 1.29 is 4.42 Å². The fraction of sp³-hybridized carbons (Fsp3) is 0.208. The maximum atomic E-state index is 6.08. The van der Waals surface area contributed by atoms with Crippen molar-refractivity contribution >= 4 is 46.8 Å². The van der Waals surface area contributed by atoms with Gasteiger partial charge in [0.25, 0.3) is 0 Å². The molecule has 4 aromatic rings. The van der Waals surface area contributed by atoms with Crippen LogP contribution >= 0.6 is 0 Å². The summed E-state index contributed by atoms with van der Waals surface area (Å²) in [5, 5.41) is 3.30. The Labute approximate surface area is 187 Å². The van der Waals surface area contributed by atoms with E-state index < -0.39 is 5.66 Å². The lowest BCUT2D eigenvalue weighted by Crippen LogP contribution is -2.64. The van der Waals surface area contributed by atoms with Crippen molar-refractivity contribution in [2.45, 2.75) is 33.3 Å². The van der Waals surface area contributed by atoms with Gasteiger partial charge in [-0.2, -0.15) is 0 Å². The number of benzene rings is 1. The fourth-order valence-electron chi connectivity index (χ4n) is 5.15. The molecule has 2 aliphatic rings. The molecule has 0 saturated carbocycles. The largest absolute Gasteiger partial charge is 0.439 e. The van der Waals surface area contributed by atoms with Crippen LogP contribution in [0.5, 0.6) is 0 Å². The standard InChI is InChI=1S/C24H23BN6O/c1-16-15-19-20(18-11-8-12-28-23(18)32-19)25(4)31(16)30-22-21(26-13-14-27-22)29(24(30,2)3)17-9-6-5-7-10-17/h5-15H,1-4H3. The van der Waals surface area contributed by atoms with Gasteiger partial charge in [-0.1, -0.05) is 25.0 Å². The number of fused-ring (bicyclic) bond motifs is 4. The molecule has 8 heteroatoms. The number of para-hydroxylation sites is 1. The van der Waals surface area contributed by atoms with Gasteiger partial charge in [0.1, 0.15) is 11.4 Å². The van der Waals surface area contributed by atoms with E-state index in [1.807, 2.05) is 12.1 Å². The average molecular weight is 422 g/mol. The van der Waals surface area contributed by atoms with Crippen LogP contribution in [0.1, 0.15) is 26.5 Å². The Bertz CT molecular complexity index is 1370. The fourth-order valence-corrected chi connectivity index (χ4v) is 5.15. The van der Waals surface area contributed by atoms with E-state index in [0.717, 1.165) is 39.6 Å². The Hall–Kier alpha value is -3.81. The van der Waals surface area contributed by atoms with E-state index in [1.165, 1.54) is 0 Å². The molecular formula is C24H23BN6O. The van der Waals surface area contributed by atoms with Crippen LogP contribution in [-0.2, 0) is 0 Å². The first-order valence-corrected chi connectivity index (χ1v) is 10.8. The molecule has 2 aliphatic heterocycles. The molecule has 1 aromatic carbocycles. The van der Waals surface area contributed by atoms with Crippen molar-refractivity contribution in [1.82, 2.24) is 19.9 Å². The van der Waals surface area contributed by atoms with E-state index in [-0.39, 0.29) is 6.85 Å². The number of anilines is 3. The minimum atomic E-state index is -0.455. The monoisotopic (exact) mass is 422 g/mol. The molecule has 0 bridgehead atoms. The highest BCUT2D eigenvalue weighted by atomic mass is 16.3. The molecule has 0 radical (unpaired) electrons. The van der Waals surface area contributed by atoms with Crippen molar-refractivity contribution in [2.75, 3.05) is 9.91 Å². The molecule has 32 heavy (non-hydrogen) atoms.